The molecule has 1 saturated carbocycles. The van der Waals surface area contributed by atoms with Crippen LogP contribution in [-0.4, -0.2) is 23.0 Å². The van der Waals surface area contributed by atoms with Crippen molar-refractivity contribution in [3.63, 3.8) is 0 Å². The van der Waals surface area contributed by atoms with E-state index in [9.17, 15) is 22.8 Å². The second-order valence-electron chi connectivity index (χ2n) is 5.69. The highest BCUT2D eigenvalue weighted by Gasteiger charge is 2.34. The number of nitrogens with one attached hydrogen (secondary N) is 2. The van der Waals surface area contributed by atoms with E-state index in [1.807, 2.05) is 0 Å². The summed E-state index contributed by atoms with van der Waals surface area (Å²) in [6, 6.07) is 0.628. The average Bonchev–Trinajstić information content (AvgIpc) is 2.33. The molecule has 2 rings (SSSR count). The summed E-state index contributed by atoms with van der Waals surface area (Å²) in [6.07, 6.45) is -1.96. The van der Waals surface area contributed by atoms with Crippen molar-refractivity contribution < 1.29 is 22.8 Å². The molecule has 4 N–H and O–H groups in total. The second-order valence-corrected chi connectivity index (χ2v) is 5.69. The summed E-state index contributed by atoms with van der Waals surface area (Å²) in [5.74, 6) is -0.197. The van der Waals surface area contributed by atoms with Gasteiger partial charge in [0, 0.05) is 12.5 Å². The number of amides is 3. The van der Waals surface area contributed by atoms with Crippen molar-refractivity contribution >= 4 is 17.6 Å². The molecule has 9 heteroatoms. The van der Waals surface area contributed by atoms with Gasteiger partial charge >= 0.3 is 12.2 Å². The zero-order valence-corrected chi connectivity index (χ0v) is 12.4. The van der Waals surface area contributed by atoms with Gasteiger partial charge in [0.25, 0.3) is 0 Å². The van der Waals surface area contributed by atoms with Crippen molar-refractivity contribution in [1.82, 2.24) is 10.3 Å². The molecule has 0 unspecified atom stereocenters. The molecule has 1 heterocycles. The Morgan fingerprint density at radius 1 is 1.39 bits per heavy atom. The first kappa shape index (κ1) is 17.0. The Balaban J connectivity index is 1.85. The van der Waals surface area contributed by atoms with E-state index in [0.29, 0.717) is 19.3 Å². The number of aryl methyl sites for hydroxylation is 1. The number of carbonyl (C=O) groups excluding carboxylic acids is 2. The zero-order chi connectivity index (χ0) is 17.2. The van der Waals surface area contributed by atoms with E-state index in [4.69, 9.17) is 5.73 Å². The minimum atomic E-state index is -4.52. The van der Waals surface area contributed by atoms with Crippen LogP contribution in [0.15, 0.2) is 12.3 Å². The van der Waals surface area contributed by atoms with Crippen molar-refractivity contribution in [2.75, 3.05) is 5.32 Å². The van der Waals surface area contributed by atoms with E-state index in [0.717, 1.165) is 6.20 Å². The van der Waals surface area contributed by atoms with Crippen LogP contribution in [0.4, 0.5) is 23.7 Å². The summed E-state index contributed by atoms with van der Waals surface area (Å²) >= 11 is 0. The molecule has 1 aliphatic carbocycles. The number of halogens is 3. The number of hydrogen-bond donors (Lipinski definition) is 3. The van der Waals surface area contributed by atoms with Crippen LogP contribution in [0.1, 0.15) is 30.5 Å². The highest BCUT2D eigenvalue weighted by Crippen LogP contribution is 2.31. The topological polar surface area (TPSA) is 97.1 Å². The minimum Gasteiger partial charge on any atom is -0.370 e. The largest absolute Gasteiger partial charge is 0.433 e. The van der Waals surface area contributed by atoms with Gasteiger partial charge in [-0.25, -0.2) is 9.78 Å². The van der Waals surface area contributed by atoms with Crippen LogP contribution in [0.25, 0.3) is 0 Å². The van der Waals surface area contributed by atoms with Gasteiger partial charge in [0.05, 0.1) is 11.9 Å². The lowest BCUT2D eigenvalue weighted by Gasteiger charge is -2.35. The fourth-order valence-electron chi connectivity index (χ4n) is 2.60. The molecule has 0 spiro atoms. The second kappa shape index (κ2) is 6.43. The van der Waals surface area contributed by atoms with E-state index >= 15 is 0 Å². The number of alkyl halides is 3. The number of nitrogens with zero attached hydrogens (tertiary/aromatic N) is 1. The Kier molecular flexibility index (Phi) is 4.76. The van der Waals surface area contributed by atoms with Gasteiger partial charge < -0.3 is 16.4 Å². The van der Waals surface area contributed by atoms with Crippen LogP contribution in [0, 0.1) is 12.8 Å². The summed E-state index contributed by atoms with van der Waals surface area (Å²) in [6.45, 7) is 1.28. The van der Waals surface area contributed by atoms with Crippen LogP contribution in [0.5, 0.6) is 0 Å². The normalized spacial score (nSPS) is 20.5. The molecule has 0 aromatic carbocycles. The van der Waals surface area contributed by atoms with Crippen molar-refractivity contribution in [3.05, 3.63) is 23.5 Å². The highest BCUT2D eigenvalue weighted by atomic mass is 19.4. The van der Waals surface area contributed by atoms with Crippen molar-refractivity contribution in [2.45, 2.75) is 38.4 Å². The third kappa shape index (κ3) is 4.57. The molecule has 1 aromatic rings. The fourth-order valence-corrected chi connectivity index (χ4v) is 2.60. The fraction of sp³-hybridized carbons (Fsp3) is 0.500. The van der Waals surface area contributed by atoms with Crippen LogP contribution >= 0.6 is 0 Å². The lowest BCUT2D eigenvalue weighted by molar-refractivity contribution is -0.141. The predicted octanol–water partition coefficient (Wildman–Crippen LogP) is 2.18. The Bertz CT molecular complexity index is 613. The number of carbonyl (C=O) groups is 2. The molecule has 1 fully saturated rings. The maximum atomic E-state index is 12.6. The van der Waals surface area contributed by atoms with E-state index in [1.165, 1.54) is 13.0 Å². The van der Waals surface area contributed by atoms with Gasteiger partial charge in [-0.05, 0) is 37.3 Å². The van der Waals surface area contributed by atoms with Crippen LogP contribution < -0.4 is 16.4 Å². The van der Waals surface area contributed by atoms with Crippen molar-refractivity contribution in [2.24, 2.45) is 11.7 Å². The van der Waals surface area contributed by atoms with Gasteiger partial charge in [-0.15, -0.1) is 0 Å². The van der Waals surface area contributed by atoms with Crippen LogP contribution in [0.3, 0.4) is 0 Å². The van der Waals surface area contributed by atoms with Gasteiger partial charge in [-0.1, -0.05) is 0 Å². The molecule has 0 aliphatic heterocycles. The zero-order valence-electron chi connectivity index (χ0n) is 12.4. The van der Waals surface area contributed by atoms with Crippen LogP contribution in [-0.2, 0) is 11.0 Å². The van der Waals surface area contributed by atoms with Gasteiger partial charge in [-0.3, -0.25) is 4.79 Å². The molecule has 0 radical (unpaired) electrons. The average molecular weight is 330 g/mol. The van der Waals surface area contributed by atoms with E-state index in [1.54, 1.807) is 0 Å². The first-order chi connectivity index (χ1) is 10.6. The molecule has 0 atom stereocenters. The number of aromatic nitrogens is 1. The first-order valence-corrected chi connectivity index (χ1v) is 7.05. The third-order valence-electron chi connectivity index (χ3n) is 3.67. The van der Waals surface area contributed by atoms with Crippen molar-refractivity contribution in [3.8, 4) is 0 Å². The molecule has 23 heavy (non-hydrogen) atoms. The van der Waals surface area contributed by atoms with Gasteiger partial charge in [-0.2, -0.15) is 13.2 Å². The molecule has 1 aliphatic rings. The lowest BCUT2D eigenvalue weighted by atomic mass is 9.78. The Morgan fingerprint density at radius 2 is 2.04 bits per heavy atom. The molecular weight excluding hydrogens is 313 g/mol. The molecule has 1 aromatic heterocycles. The summed E-state index contributed by atoms with van der Waals surface area (Å²) in [4.78, 5) is 25.9. The first-order valence-electron chi connectivity index (χ1n) is 7.05. The Hall–Kier alpha value is -2.32. The van der Waals surface area contributed by atoms with Gasteiger partial charge in [0.15, 0.2) is 0 Å². The van der Waals surface area contributed by atoms with E-state index in [2.05, 4.69) is 15.6 Å². The van der Waals surface area contributed by atoms with Gasteiger partial charge in [0.1, 0.15) is 5.69 Å². The Labute approximate surface area is 130 Å². The van der Waals surface area contributed by atoms with E-state index in [-0.39, 0.29) is 29.1 Å². The van der Waals surface area contributed by atoms with Crippen molar-refractivity contribution in [1.29, 1.82) is 0 Å². The number of rotatable bonds is 4. The lowest BCUT2D eigenvalue weighted by Crippen LogP contribution is -2.46. The highest BCUT2D eigenvalue weighted by molar-refractivity contribution is 5.89. The summed E-state index contributed by atoms with van der Waals surface area (Å²) in [5.41, 5.74) is 4.22. The molecule has 0 bridgehead atoms. The maximum Gasteiger partial charge on any atom is 0.433 e. The predicted molar refractivity (Wildman–Crippen MR) is 76.5 cm³/mol. The minimum absolute atomic E-state index is 0.0668. The molecule has 0 saturated heterocycles. The quantitative estimate of drug-likeness (QED) is 0.789. The number of primary amides is 1. The maximum absolute atomic E-state index is 12.6. The monoisotopic (exact) mass is 330 g/mol. The third-order valence-corrected chi connectivity index (χ3v) is 3.67. The number of urea groups is 1. The number of hydrogen-bond acceptors (Lipinski definition) is 3. The number of nitrogens with two attached hydrogens (primary N) is 1. The molecule has 3 amide bonds. The smallest absolute Gasteiger partial charge is 0.370 e. The Morgan fingerprint density at radius 3 is 2.57 bits per heavy atom. The van der Waals surface area contributed by atoms with Gasteiger partial charge in [0.2, 0.25) is 5.91 Å². The standard InChI is InChI=1S/C14H17F3N4O2/c1-7-2-10(6-19-12(7)14(15,16)17)21-13(23)20-9-3-8(4-9)5-11(18)22/h2,6,8-9H,3-5H2,1H3,(H2,18,22)(H2,20,21,23). The number of pyridine rings is 1. The molecule has 126 valence electrons. The molecular formula is C14H17F3N4O2. The molecule has 6 nitrogen and oxygen atoms in total. The SMILES string of the molecule is Cc1cc(NC(=O)NC2CC(CC(N)=O)C2)cnc1C(F)(F)F. The summed E-state index contributed by atoms with van der Waals surface area (Å²) < 4.78 is 37.8. The summed E-state index contributed by atoms with van der Waals surface area (Å²) in [7, 11) is 0. The van der Waals surface area contributed by atoms with E-state index < -0.39 is 17.9 Å². The number of anilines is 1. The van der Waals surface area contributed by atoms with Crippen LogP contribution in [0.2, 0.25) is 0 Å². The summed E-state index contributed by atoms with van der Waals surface area (Å²) in [5, 5.41) is 5.12.